The highest BCUT2D eigenvalue weighted by Crippen LogP contribution is 2.38. The monoisotopic (exact) mass is 292 g/mol. The van der Waals surface area contributed by atoms with Gasteiger partial charge >= 0.3 is 5.97 Å². The van der Waals surface area contributed by atoms with Crippen LogP contribution in [0.15, 0.2) is 18.2 Å². The van der Waals surface area contributed by atoms with Crippen molar-refractivity contribution in [3.8, 4) is 0 Å². The van der Waals surface area contributed by atoms with Crippen molar-refractivity contribution in [2.45, 2.75) is 45.1 Å². The highest BCUT2D eigenvalue weighted by atomic mass is 16.6. The molecule has 1 aromatic rings. The maximum absolute atomic E-state index is 11.8. The molecule has 2 N–H and O–H groups in total. The van der Waals surface area contributed by atoms with Crippen molar-refractivity contribution in [1.29, 1.82) is 0 Å². The molecule has 1 aliphatic rings. The minimum Gasteiger partial charge on any atom is -0.480 e. The van der Waals surface area contributed by atoms with Gasteiger partial charge in [0.1, 0.15) is 11.2 Å². The average Bonchev–Trinajstić information content (AvgIpc) is 2.38. The van der Waals surface area contributed by atoms with Gasteiger partial charge in [0, 0.05) is 5.56 Å². The van der Waals surface area contributed by atoms with Crippen LogP contribution in [0.2, 0.25) is 0 Å². The number of hydrogen-bond donors (Lipinski definition) is 2. The Morgan fingerprint density at radius 3 is 2.81 bits per heavy atom. The van der Waals surface area contributed by atoms with E-state index in [1.54, 1.807) is 25.1 Å². The smallest absolute Gasteiger partial charge is 0.329 e. The summed E-state index contributed by atoms with van der Waals surface area (Å²) in [7, 11) is 0. The third kappa shape index (κ3) is 2.99. The second-order valence-electron chi connectivity index (χ2n) is 5.94. The Balaban J connectivity index is 2.41. The first-order valence-electron chi connectivity index (χ1n) is 7.11. The maximum atomic E-state index is 11.8. The minimum atomic E-state index is -1.11. The summed E-state index contributed by atoms with van der Waals surface area (Å²) < 4.78 is 0. The third-order valence-electron chi connectivity index (χ3n) is 4.20. The van der Waals surface area contributed by atoms with Crippen LogP contribution in [0.5, 0.6) is 0 Å². The number of rotatable bonds is 4. The van der Waals surface area contributed by atoms with Crippen molar-refractivity contribution in [2.24, 2.45) is 5.92 Å². The molecule has 0 spiro atoms. The molecule has 0 aliphatic heterocycles. The Morgan fingerprint density at radius 2 is 2.24 bits per heavy atom. The zero-order valence-electron chi connectivity index (χ0n) is 12.3. The first kappa shape index (κ1) is 15.3. The van der Waals surface area contributed by atoms with Gasteiger partial charge in [0.2, 0.25) is 0 Å². The summed E-state index contributed by atoms with van der Waals surface area (Å²) in [6, 6.07) is 4.93. The largest absolute Gasteiger partial charge is 0.480 e. The number of anilines is 1. The second kappa shape index (κ2) is 5.71. The molecule has 0 amide bonds. The van der Waals surface area contributed by atoms with Crippen molar-refractivity contribution < 1.29 is 14.8 Å². The van der Waals surface area contributed by atoms with Gasteiger partial charge in [-0.2, -0.15) is 0 Å². The van der Waals surface area contributed by atoms with E-state index in [0.29, 0.717) is 18.4 Å². The number of aryl methyl sites for hydroxylation is 1. The number of nitro groups is 1. The lowest BCUT2D eigenvalue weighted by Gasteiger charge is -2.37. The second-order valence-corrected chi connectivity index (χ2v) is 5.94. The van der Waals surface area contributed by atoms with Gasteiger partial charge in [0.25, 0.3) is 5.69 Å². The predicted molar refractivity (Wildman–Crippen MR) is 79.5 cm³/mol. The van der Waals surface area contributed by atoms with Gasteiger partial charge < -0.3 is 10.4 Å². The summed E-state index contributed by atoms with van der Waals surface area (Å²) in [5.41, 5.74) is -0.349. The van der Waals surface area contributed by atoms with E-state index in [1.807, 2.05) is 6.92 Å². The third-order valence-corrected chi connectivity index (χ3v) is 4.20. The average molecular weight is 292 g/mol. The molecule has 2 unspecified atom stereocenters. The van der Waals surface area contributed by atoms with E-state index < -0.39 is 16.4 Å². The van der Waals surface area contributed by atoms with E-state index >= 15 is 0 Å². The molecule has 1 fully saturated rings. The van der Waals surface area contributed by atoms with E-state index in [9.17, 15) is 20.0 Å². The van der Waals surface area contributed by atoms with Gasteiger partial charge in [-0.25, -0.2) is 4.79 Å². The molecular weight excluding hydrogens is 272 g/mol. The van der Waals surface area contributed by atoms with Gasteiger partial charge in [0.05, 0.1) is 4.92 Å². The van der Waals surface area contributed by atoms with Crippen LogP contribution < -0.4 is 5.32 Å². The summed E-state index contributed by atoms with van der Waals surface area (Å²) in [6.07, 6.45) is 2.76. The number of carbonyl (C=O) groups is 1. The number of para-hydroxylation sites is 1. The zero-order valence-corrected chi connectivity index (χ0v) is 12.3. The van der Waals surface area contributed by atoms with Crippen LogP contribution >= 0.6 is 0 Å². The van der Waals surface area contributed by atoms with E-state index in [0.717, 1.165) is 12.8 Å². The van der Waals surface area contributed by atoms with Crippen molar-refractivity contribution in [2.75, 3.05) is 5.32 Å². The SMILES string of the molecule is Cc1cccc(NC2(C(=O)O)CCCC(C)C2)c1[N+](=O)[O-]. The van der Waals surface area contributed by atoms with E-state index in [-0.39, 0.29) is 17.3 Å². The molecule has 6 nitrogen and oxygen atoms in total. The standard InChI is InChI=1S/C15H20N2O4/c1-10-5-4-8-15(9-10,14(18)19)16-12-7-3-6-11(2)13(12)17(20)21/h3,6-7,10,16H,4-5,8-9H2,1-2H3,(H,18,19). The Bertz CT molecular complexity index is 573. The van der Waals surface area contributed by atoms with Crippen LogP contribution in [0.4, 0.5) is 11.4 Å². The summed E-state index contributed by atoms with van der Waals surface area (Å²) in [5.74, 6) is -0.656. The van der Waals surface area contributed by atoms with Crippen LogP contribution in [0.3, 0.4) is 0 Å². The number of carboxylic acids is 1. The lowest BCUT2D eigenvalue weighted by molar-refractivity contribution is -0.384. The predicted octanol–water partition coefficient (Wildman–Crippen LogP) is 3.35. The summed E-state index contributed by atoms with van der Waals surface area (Å²) >= 11 is 0. The van der Waals surface area contributed by atoms with Crippen LogP contribution in [0, 0.1) is 23.0 Å². The molecule has 21 heavy (non-hydrogen) atoms. The van der Waals surface area contributed by atoms with E-state index in [1.165, 1.54) is 0 Å². The van der Waals surface area contributed by atoms with Crippen molar-refractivity contribution >= 4 is 17.3 Å². The highest BCUT2D eigenvalue weighted by molar-refractivity contribution is 5.84. The topological polar surface area (TPSA) is 92.5 Å². The molecule has 2 rings (SSSR count). The van der Waals surface area contributed by atoms with Crippen molar-refractivity contribution in [3.63, 3.8) is 0 Å². The van der Waals surface area contributed by atoms with Crippen LogP contribution in [0.25, 0.3) is 0 Å². The van der Waals surface area contributed by atoms with Crippen LogP contribution in [-0.2, 0) is 4.79 Å². The summed E-state index contributed by atoms with van der Waals surface area (Å²) in [4.78, 5) is 22.5. The molecule has 1 aromatic carbocycles. The molecule has 0 radical (unpaired) electrons. The van der Waals surface area contributed by atoms with Crippen LogP contribution in [-0.4, -0.2) is 21.5 Å². The molecule has 1 saturated carbocycles. The van der Waals surface area contributed by atoms with Crippen molar-refractivity contribution in [1.82, 2.24) is 0 Å². The Morgan fingerprint density at radius 1 is 1.52 bits per heavy atom. The van der Waals surface area contributed by atoms with Gasteiger partial charge in [-0.05, 0) is 31.7 Å². The highest BCUT2D eigenvalue weighted by Gasteiger charge is 2.43. The molecule has 6 heteroatoms. The van der Waals surface area contributed by atoms with E-state index in [2.05, 4.69) is 5.32 Å². The number of benzene rings is 1. The van der Waals surface area contributed by atoms with Gasteiger partial charge in [-0.15, -0.1) is 0 Å². The molecule has 0 aromatic heterocycles. The maximum Gasteiger partial charge on any atom is 0.329 e. The van der Waals surface area contributed by atoms with Crippen molar-refractivity contribution in [3.05, 3.63) is 33.9 Å². The van der Waals surface area contributed by atoms with E-state index in [4.69, 9.17) is 0 Å². The fourth-order valence-electron chi connectivity index (χ4n) is 3.17. The van der Waals surface area contributed by atoms with Gasteiger partial charge in [0.15, 0.2) is 0 Å². The normalized spacial score (nSPS) is 25.3. The number of hydrogen-bond acceptors (Lipinski definition) is 4. The number of carboxylic acid groups (broad SMARTS) is 1. The fraction of sp³-hybridized carbons (Fsp3) is 0.533. The minimum absolute atomic E-state index is 0.0450. The van der Waals surface area contributed by atoms with Crippen LogP contribution in [0.1, 0.15) is 38.2 Å². The molecule has 1 aliphatic carbocycles. The molecular formula is C15H20N2O4. The fourth-order valence-corrected chi connectivity index (χ4v) is 3.17. The Labute approximate surface area is 123 Å². The first-order valence-corrected chi connectivity index (χ1v) is 7.11. The lowest BCUT2D eigenvalue weighted by Crippen LogP contribution is -2.49. The Kier molecular flexibility index (Phi) is 4.16. The number of nitrogens with one attached hydrogen (secondary N) is 1. The molecule has 114 valence electrons. The number of nitro benzene ring substituents is 1. The number of aliphatic carboxylic acids is 1. The van der Waals surface area contributed by atoms with Gasteiger partial charge in [-0.1, -0.05) is 31.9 Å². The Hall–Kier alpha value is -2.11. The summed E-state index contributed by atoms with van der Waals surface area (Å²) in [6.45, 7) is 3.67. The molecule has 0 bridgehead atoms. The lowest BCUT2D eigenvalue weighted by atomic mass is 9.76. The number of nitrogens with zero attached hydrogens (tertiary/aromatic N) is 1. The molecule has 0 saturated heterocycles. The van der Waals surface area contributed by atoms with Gasteiger partial charge in [-0.3, -0.25) is 10.1 Å². The summed E-state index contributed by atoms with van der Waals surface area (Å²) in [5, 5.41) is 23.8. The molecule has 0 heterocycles. The molecule has 2 atom stereocenters. The quantitative estimate of drug-likeness (QED) is 0.655. The zero-order chi connectivity index (χ0) is 15.6. The first-order chi connectivity index (χ1) is 9.85.